The second-order valence-corrected chi connectivity index (χ2v) is 6.56. The third kappa shape index (κ3) is 6.17. The van der Waals surface area contributed by atoms with Crippen molar-refractivity contribution in [3.63, 3.8) is 0 Å². The minimum Gasteiger partial charge on any atom is -0.443 e. The van der Waals surface area contributed by atoms with Crippen molar-refractivity contribution in [3.8, 4) is 0 Å². The zero-order chi connectivity index (χ0) is 16.8. The number of hydrogen-bond acceptors (Lipinski definition) is 2. The van der Waals surface area contributed by atoms with Crippen molar-refractivity contribution < 1.29 is 9.53 Å². The van der Waals surface area contributed by atoms with E-state index in [1.165, 1.54) is 5.57 Å². The Bertz CT molecular complexity index is 534. The van der Waals surface area contributed by atoms with Crippen LogP contribution in [0.5, 0.6) is 0 Å². The third-order valence-corrected chi connectivity index (χ3v) is 2.98. The maximum absolute atomic E-state index is 12.5. The molecule has 0 aliphatic rings. The molecule has 0 heterocycles. The van der Waals surface area contributed by atoms with Gasteiger partial charge in [-0.15, -0.1) is 0 Å². The van der Waals surface area contributed by atoms with Gasteiger partial charge in [0.25, 0.3) is 0 Å². The van der Waals surface area contributed by atoms with Gasteiger partial charge in [-0.3, -0.25) is 4.90 Å². The molecular formula is C19H27NO2. The van der Waals surface area contributed by atoms with E-state index < -0.39 is 5.60 Å². The first kappa shape index (κ1) is 18.0. The van der Waals surface area contributed by atoms with E-state index in [-0.39, 0.29) is 12.1 Å². The lowest BCUT2D eigenvalue weighted by atomic mass is 10.1. The average Bonchev–Trinajstić information content (AvgIpc) is 2.41. The van der Waals surface area contributed by atoms with E-state index in [4.69, 9.17) is 4.74 Å². The Morgan fingerprint density at radius 2 is 1.77 bits per heavy atom. The van der Waals surface area contributed by atoms with Crippen molar-refractivity contribution in [1.29, 1.82) is 0 Å². The highest BCUT2D eigenvalue weighted by molar-refractivity contribution is 5.70. The molecule has 0 aliphatic carbocycles. The van der Waals surface area contributed by atoms with Crippen LogP contribution in [-0.4, -0.2) is 16.6 Å². The number of allylic oxidation sites excluding steroid dienone is 3. The van der Waals surface area contributed by atoms with Crippen molar-refractivity contribution in [2.24, 2.45) is 0 Å². The van der Waals surface area contributed by atoms with Crippen LogP contribution in [0.3, 0.4) is 0 Å². The fraction of sp³-hybridized carbons (Fsp3) is 0.421. The molecule has 1 amide bonds. The summed E-state index contributed by atoms with van der Waals surface area (Å²) >= 11 is 0. The van der Waals surface area contributed by atoms with Crippen LogP contribution >= 0.6 is 0 Å². The second kappa shape index (κ2) is 7.83. The Kier molecular flexibility index (Phi) is 6.41. The van der Waals surface area contributed by atoms with E-state index in [1.54, 1.807) is 11.1 Å². The first-order valence-corrected chi connectivity index (χ1v) is 7.58. The van der Waals surface area contributed by atoms with Crippen molar-refractivity contribution in [2.75, 3.05) is 0 Å². The van der Waals surface area contributed by atoms with Gasteiger partial charge in [-0.25, -0.2) is 4.79 Å². The highest BCUT2D eigenvalue weighted by atomic mass is 16.6. The van der Waals surface area contributed by atoms with Crippen LogP contribution in [0, 0.1) is 0 Å². The molecule has 0 saturated carbocycles. The molecule has 1 aromatic rings. The lowest BCUT2D eigenvalue weighted by molar-refractivity contribution is 0.0278. The molecule has 0 aliphatic heterocycles. The molecule has 120 valence electrons. The Morgan fingerprint density at radius 1 is 1.18 bits per heavy atom. The van der Waals surface area contributed by atoms with Crippen LogP contribution in [0.1, 0.15) is 53.1 Å². The van der Waals surface area contributed by atoms with Gasteiger partial charge in [-0.1, -0.05) is 42.0 Å². The number of carbonyl (C=O) groups excluding carboxylic acids is 1. The number of amides is 1. The summed E-state index contributed by atoms with van der Waals surface area (Å²) in [7, 11) is 0. The van der Waals surface area contributed by atoms with Gasteiger partial charge in [0.05, 0.1) is 6.04 Å². The number of rotatable bonds is 4. The molecule has 3 heteroatoms. The molecule has 1 rings (SSSR count). The van der Waals surface area contributed by atoms with Crippen LogP contribution in [0.4, 0.5) is 4.79 Å². The molecule has 22 heavy (non-hydrogen) atoms. The quantitative estimate of drug-likeness (QED) is 0.691. The maximum Gasteiger partial charge on any atom is 0.414 e. The minimum absolute atomic E-state index is 0.0992. The smallest absolute Gasteiger partial charge is 0.414 e. The Hall–Kier alpha value is -2.03. The van der Waals surface area contributed by atoms with Crippen molar-refractivity contribution in [1.82, 2.24) is 4.90 Å². The number of hydrogen-bond donors (Lipinski definition) is 0. The fourth-order valence-corrected chi connectivity index (χ4v) is 1.88. The molecule has 1 atom stereocenters. The van der Waals surface area contributed by atoms with E-state index in [0.29, 0.717) is 0 Å². The van der Waals surface area contributed by atoms with E-state index >= 15 is 0 Å². The molecular weight excluding hydrogens is 274 g/mol. The van der Waals surface area contributed by atoms with Gasteiger partial charge >= 0.3 is 6.09 Å². The Balaban J connectivity index is 3.03. The van der Waals surface area contributed by atoms with Crippen molar-refractivity contribution >= 4 is 6.09 Å². The van der Waals surface area contributed by atoms with Crippen molar-refractivity contribution in [3.05, 3.63) is 59.8 Å². The maximum atomic E-state index is 12.5. The number of ether oxygens (including phenoxy) is 1. The largest absolute Gasteiger partial charge is 0.443 e. The first-order chi connectivity index (χ1) is 10.2. The summed E-state index contributed by atoms with van der Waals surface area (Å²) in [6.45, 7) is 11.6. The molecule has 0 aromatic heterocycles. The lowest BCUT2D eigenvalue weighted by Crippen LogP contribution is -2.35. The predicted molar refractivity (Wildman–Crippen MR) is 91.5 cm³/mol. The number of carbonyl (C=O) groups is 1. The van der Waals surface area contributed by atoms with Gasteiger partial charge in [-0.05, 0) is 53.2 Å². The minimum atomic E-state index is -0.518. The van der Waals surface area contributed by atoms with Crippen LogP contribution in [0.2, 0.25) is 0 Å². The van der Waals surface area contributed by atoms with E-state index in [0.717, 1.165) is 5.56 Å². The lowest BCUT2D eigenvalue weighted by Gasteiger charge is -2.29. The van der Waals surface area contributed by atoms with Gasteiger partial charge in [0.15, 0.2) is 0 Å². The van der Waals surface area contributed by atoms with E-state index in [2.05, 4.69) is 0 Å². The van der Waals surface area contributed by atoms with Crippen LogP contribution < -0.4 is 0 Å². The molecule has 0 bridgehead atoms. The van der Waals surface area contributed by atoms with Crippen LogP contribution in [0.15, 0.2) is 54.3 Å². The van der Waals surface area contributed by atoms with Gasteiger partial charge in [-0.2, -0.15) is 0 Å². The van der Waals surface area contributed by atoms with E-state index in [9.17, 15) is 4.79 Å². The number of nitrogens with zero attached hydrogens (tertiary/aromatic N) is 1. The summed E-state index contributed by atoms with van der Waals surface area (Å²) in [6, 6.07) is 9.83. The summed E-state index contributed by atoms with van der Waals surface area (Å²) < 4.78 is 5.52. The third-order valence-electron chi connectivity index (χ3n) is 2.98. The van der Waals surface area contributed by atoms with E-state index in [1.807, 2.05) is 84.0 Å². The summed E-state index contributed by atoms with van der Waals surface area (Å²) in [4.78, 5) is 14.1. The van der Waals surface area contributed by atoms with Crippen molar-refractivity contribution in [2.45, 2.75) is 53.2 Å². The molecule has 0 radical (unpaired) electrons. The Labute approximate surface area is 134 Å². The zero-order valence-electron chi connectivity index (χ0n) is 14.5. The summed E-state index contributed by atoms with van der Waals surface area (Å²) in [6.07, 6.45) is 5.27. The molecule has 1 aromatic carbocycles. The fourth-order valence-electron chi connectivity index (χ4n) is 1.88. The topological polar surface area (TPSA) is 29.5 Å². The highest BCUT2D eigenvalue weighted by Gasteiger charge is 2.25. The summed E-state index contributed by atoms with van der Waals surface area (Å²) in [5.41, 5.74) is 1.72. The van der Waals surface area contributed by atoms with Gasteiger partial charge in [0, 0.05) is 6.20 Å². The van der Waals surface area contributed by atoms with Gasteiger partial charge in [0.1, 0.15) is 5.60 Å². The van der Waals surface area contributed by atoms with Crippen LogP contribution in [-0.2, 0) is 4.74 Å². The average molecular weight is 301 g/mol. The Morgan fingerprint density at radius 3 is 2.27 bits per heavy atom. The normalized spacial score (nSPS) is 12.8. The number of benzene rings is 1. The monoisotopic (exact) mass is 301 g/mol. The second-order valence-electron chi connectivity index (χ2n) is 6.56. The van der Waals surface area contributed by atoms with Gasteiger partial charge < -0.3 is 4.74 Å². The zero-order valence-corrected chi connectivity index (χ0v) is 14.5. The molecule has 0 N–H and O–H groups in total. The summed E-state index contributed by atoms with van der Waals surface area (Å²) in [5, 5.41) is 0. The SMILES string of the molecule is CC(C)=C/C=C\N(C(=O)OC(C)(C)C)[C@@H](C)c1ccccc1. The van der Waals surface area contributed by atoms with Crippen LogP contribution in [0.25, 0.3) is 0 Å². The molecule has 0 unspecified atom stereocenters. The highest BCUT2D eigenvalue weighted by Crippen LogP contribution is 2.23. The summed E-state index contributed by atoms with van der Waals surface area (Å²) in [5.74, 6) is 0. The molecule has 0 spiro atoms. The first-order valence-electron chi connectivity index (χ1n) is 7.58. The van der Waals surface area contributed by atoms with Gasteiger partial charge in [0.2, 0.25) is 0 Å². The molecule has 3 nitrogen and oxygen atoms in total. The molecule has 0 fully saturated rings. The molecule has 0 saturated heterocycles. The predicted octanol–water partition coefficient (Wildman–Crippen LogP) is 5.46. The standard InChI is InChI=1S/C19H27NO2/c1-15(2)11-10-14-20(18(21)22-19(4,5)6)16(3)17-12-8-7-9-13-17/h7-14,16H,1-6H3/b14-10-/t16-/m0/s1.